The van der Waals surface area contributed by atoms with Crippen LogP contribution < -0.4 is 10.6 Å². The van der Waals surface area contributed by atoms with E-state index in [9.17, 15) is 4.79 Å². The van der Waals surface area contributed by atoms with Gasteiger partial charge < -0.3 is 10.1 Å². The van der Waals surface area contributed by atoms with Gasteiger partial charge >= 0.3 is 6.03 Å². The van der Waals surface area contributed by atoms with Crippen molar-refractivity contribution < 1.29 is 9.53 Å². The van der Waals surface area contributed by atoms with E-state index in [1.807, 2.05) is 18.3 Å². The molecule has 2 aliphatic rings. The van der Waals surface area contributed by atoms with Gasteiger partial charge in [0, 0.05) is 42.5 Å². The van der Waals surface area contributed by atoms with Gasteiger partial charge in [-0.15, -0.1) is 0 Å². The number of hydrogen-bond acceptors (Lipinski definition) is 6. The first-order valence-electron chi connectivity index (χ1n) is 8.20. The van der Waals surface area contributed by atoms with Crippen molar-refractivity contribution >= 4 is 22.7 Å². The molecule has 2 aromatic heterocycles. The lowest BCUT2D eigenvalue weighted by Crippen LogP contribution is -2.42. The number of carbonyl (C=O) groups is 1. The first kappa shape index (κ1) is 15.5. The summed E-state index contributed by atoms with van der Waals surface area (Å²) < 4.78 is 10.1. The molecule has 1 aliphatic heterocycles. The van der Waals surface area contributed by atoms with E-state index in [1.54, 1.807) is 6.20 Å². The summed E-state index contributed by atoms with van der Waals surface area (Å²) in [5.74, 6) is 1.36. The van der Waals surface area contributed by atoms with Crippen LogP contribution in [-0.2, 0) is 4.74 Å². The lowest BCUT2D eigenvalue weighted by atomic mass is 9.99. The van der Waals surface area contributed by atoms with Crippen LogP contribution in [0.2, 0.25) is 0 Å². The third-order valence-electron chi connectivity index (χ3n) is 4.28. The van der Waals surface area contributed by atoms with Gasteiger partial charge in [-0.2, -0.15) is 4.37 Å². The maximum absolute atomic E-state index is 12.2. The van der Waals surface area contributed by atoms with Crippen LogP contribution in [0.1, 0.15) is 49.1 Å². The standard InChI is InChI=1S/C16H19N5O2S/c22-15(20-16-19-14(21-24-16)10-3-4-10)18-12-5-7-23-13(8-12)11-2-1-6-17-9-11/h1-2,6,9-10,12-13H,3-5,7-8H2,(H2,18,19,20,21,22)/t12-,13-/m1/s1. The summed E-state index contributed by atoms with van der Waals surface area (Å²) in [7, 11) is 0. The number of hydrogen-bond donors (Lipinski definition) is 2. The highest BCUT2D eigenvalue weighted by atomic mass is 32.1. The maximum atomic E-state index is 12.2. The Hall–Kier alpha value is -2.06. The van der Waals surface area contributed by atoms with Crippen LogP contribution in [0.3, 0.4) is 0 Å². The Labute approximate surface area is 144 Å². The minimum Gasteiger partial charge on any atom is -0.373 e. The Morgan fingerprint density at radius 2 is 2.25 bits per heavy atom. The molecule has 1 aliphatic carbocycles. The molecule has 2 aromatic rings. The molecule has 0 spiro atoms. The molecule has 8 heteroatoms. The molecule has 7 nitrogen and oxygen atoms in total. The van der Waals surface area contributed by atoms with Crippen molar-refractivity contribution in [2.45, 2.75) is 43.7 Å². The van der Waals surface area contributed by atoms with Gasteiger partial charge in [0.1, 0.15) is 5.82 Å². The van der Waals surface area contributed by atoms with Crippen LogP contribution in [0.15, 0.2) is 24.5 Å². The quantitative estimate of drug-likeness (QED) is 0.889. The Bertz CT molecular complexity index is 704. The average molecular weight is 345 g/mol. The smallest absolute Gasteiger partial charge is 0.321 e. The number of pyridine rings is 1. The van der Waals surface area contributed by atoms with Gasteiger partial charge in [-0.25, -0.2) is 9.78 Å². The van der Waals surface area contributed by atoms with Crippen LogP contribution in [0.25, 0.3) is 0 Å². The predicted octanol–water partition coefficient (Wildman–Crippen LogP) is 2.85. The average Bonchev–Trinajstić information content (AvgIpc) is 3.36. The van der Waals surface area contributed by atoms with Gasteiger partial charge in [-0.1, -0.05) is 6.07 Å². The first-order valence-corrected chi connectivity index (χ1v) is 8.98. The van der Waals surface area contributed by atoms with Crippen molar-refractivity contribution in [3.05, 3.63) is 35.9 Å². The van der Waals surface area contributed by atoms with E-state index < -0.39 is 0 Å². The fourth-order valence-electron chi connectivity index (χ4n) is 2.84. The van der Waals surface area contributed by atoms with Gasteiger partial charge in [0.15, 0.2) is 0 Å². The molecule has 1 saturated carbocycles. The Morgan fingerprint density at radius 1 is 1.33 bits per heavy atom. The molecule has 3 heterocycles. The van der Waals surface area contributed by atoms with Crippen LogP contribution in [-0.4, -0.2) is 33.0 Å². The second-order valence-electron chi connectivity index (χ2n) is 6.20. The third kappa shape index (κ3) is 3.70. The highest BCUT2D eigenvalue weighted by molar-refractivity contribution is 7.09. The Kier molecular flexibility index (Phi) is 4.40. The second-order valence-corrected chi connectivity index (χ2v) is 6.95. The van der Waals surface area contributed by atoms with E-state index in [0.29, 0.717) is 17.7 Å². The Morgan fingerprint density at radius 3 is 3.04 bits per heavy atom. The molecule has 0 aromatic carbocycles. The van der Waals surface area contributed by atoms with Gasteiger partial charge in [0.25, 0.3) is 0 Å². The number of aromatic nitrogens is 3. The van der Waals surface area contributed by atoms with Crippen LogP contribution in [0.4, 0.5) is 9.93 Å². The molecule has 1 saturated heterocycles. The summed E-state index contributed by atoms with van der Waals surface area (Å²) >= 11 is 1.24. The fraction of sp³-hybridized carbons (Fsp3) is 0.500. The molecular weight excluding hydrogens is 326 g/mol. The monoisotopic (exact) mass is 345 g/mol. The van der Waals surface area contributed by atoms with Gasteiger partial charge in [-0.3, -0.25) is 10.3 Å². The largest absolute Gasteiger partial charge is 0.373 e. The van der Waals surface area contributed by atoms with Crippen LogP contribution in [0.5, 0.6) is 0 Å². The molecule has 2 fully saturated rings. The molecule has 0 bridgehead atoms. The number of anilines is 1. The van der Waals surface area contributed by atoms with Crippen LogP contribution in [0, 0.1) is 0 Å². The minimum absolute atomic E-state index is 0.0271. The second kappa shape index (κ2) is 6.82. The number of amides is 2. The lowest BCUT2D eigenvalue weighted by molar-refractivity contribution is 0.00235. The van der Waals surface area contributed by atoms with Crippen molar-refractivity contribution in [2.24, 2.45) is 0 Å². The van der Waals surface area contributed by atoms with Crippen LogP contribution >= 0.6 is 11.5 Å². The normalized spacial score (nSPS) is 23.7. The van der Waals surface area contributed by atoms with Crippen molar-refractivity contribution in [2.75, 3.05) is 11.9 Å². The Balaban J connectivity index is 1.31. The van der Waals surface area contributed by atoms with E-state index in [0.717, 1.165) is 37.1 Å². The van der Waals surface area contributed by atoms with Gasteiger partial charge in [0.05, 0.1) is 6.10 Å². The van der Waals surface area contributed by atoms with Crippen molar-refractivity contribution in [3.63, 3.8) is 0 Å². The summed E-state index contributed by atoms with van der Waals surface area (Å²) in [4.78, 5) is 20.7. The summed E-state index contributed by atoms with van der Waals surface area (Å²) in [6.45, 7) is 0.620. The zero-order chi connectivity index (χ0) is 16.4. The minimum atomic E-state index is -0.231. The first-order chi connectivity index (χ1) is 11.8. The number of nitrogens with one attached hydrogen (secondary N) is 2. The van der Waals surface area contributed by atoms with Gasteiger partial charge in [0.2, 0.25) is 5.13 Å². The van der Waals surface area contributed by atoms with E-state index in [4.69, 9.17) is 4.74 Å². The van der Waals surface area contributed by atoms with Gasteiger partial charge in [-0.05, 0) is 37.3 Å². The van der Waals surface area contributed by atoms with Crippen molar-refractivity contribution in [3.8, 4) is 0 Å². The summed E-state index contributed by atoms with van der Waals surface area (Å²) in [6.07, 6.45) is 7.37. The highest BCUT2D eigenvalue weighted by Crippen LogP contribution is 2.39. The summed E-state index contributed by atoms with van der Waals surface area (Å²) in [5, 5.41) is 6.36. The summed E-state index contributed by atoms with van der Waals surface area (Å²) in [6, 6.07) is 3.74. The third-order valence-corrected chi connectivity index (χ3v) is 4.92. The molecule has 0 unspecified atom stereocenters. The van der Waals surface area contributed by atoms with E-state index in [-0.39, 0.29) is 18.2 Å². The molecule has 126 valence electrons. The molecule has 0 radical (unpaired) electrons. The molecule has 24 heavy (non-hydrogen) atoms. The number of urea groups is 1. The molecule has 2 atom stereocenters. The van der Waals surface area contributed by atoms with E-state index in [2.05, 4.69) is 25.0 Å². The number of carbonyl (C=O) groups excluding carboxylic acids is 1. The zero-order valence-corrected chi connectivity index (χ0v) is 14.0. The number of ether oxygens (including phenoxy) is 1. The number of rotatable bonds is 4. The van der Waals surface area contributed by atoms with Crippen molar-refractivity contribution in [1.82, 2.24) is 19.7 Å². The lowest BCUT2D eigenvalue weighted by Gasteiger charge is -2.30. The maximum Gasteiger partial charge on any atom is 0.321 e. The number of nitrogens with zero attached hydrogens (tertiary/aromatic N) is 3. The molecular formula is C16H19N5O2S. The van der Waals surface area contributed by atoms with Crippen molar-refractivity contribution in [1.29, 1.82) is 0 Å². The molecule has 2 amide bonds. The summed E-state index contributed by atoms with van der Waals surface area (Å²) in [5.41, 5.74) is 1.04. The molecule has 4 rings (SSSR count). The zero-order valence-electron chi connectivity index (χ0n) is 13.1. The highest BCUT2D eigenvalue weighted by Gasteiger charge is 2.28. The predicted molar refractivity (Wildman–Crippen MR) is 90.0 cm³/mol. The fourth-order valence-corrected chi connectivity index (χ4v) is 3.48. The van der Waals surface area contributed by atoms with E-state index >= 15 is 0 Å². The van der Waals surface area contributed by atoms with E-state index in [1.165, 1.54) is 11.5 Å². The topological polar surface area (TPSA) is 89.0 Å². The molecule has 2 N–H and O–H groups in total. The SMILES string of the molecule is O=C(Nc1nc(C2CC2)ns1)N[C@@H]1CCO[C@@H](c2cccnc2)C1.